The SMILES string of the molecule is CCCNCc1cc(=O)[nH]c(Cc2ccccn2)n1. The summed E-state index contributed by atoms with van der Waals surface area (Å²) < 4.78 is 0. The number of rotatable bonds is 6. The van der Waals surface area contributed by atoms with Crippen LogP contribution >= 0.6 is 0 Å². The van der Waals surface area contributed by atoms with Gasteiger partial charge in [0.05, 0.1) is 5.69 Å². The van der Waals surface area contributed by atoms with Gasteiger partial charge >= 0.3 is 0 Å². The number of H-pyrrole nitrogens is 1. The molecule has 0 aliphatic carbocycles. The van der Waals surface area contributed by atoms with Gasteiger partial charge in [0.2, 0.25) is 0 Å². The van der Waals surface area contributed by atoms with Crippen molar-refractivity contribution in [3.8, 4) is 0 Å². The van der Waals surface area contributed by atoms with E-state index in [1.54, 1.807) is 6.20 Å². The van der Waals surface area contributed by atoms with E-state index in [9.17, 15) is 4.79 Å². The second-order valence-corrected chi connectivity index (χ2v) is 4.36. The van der Waals surface area contributed by atoms with E-state index in [1.807, 2.05) is 18.2 Å². The van der Waals surface area contributed by atoms with Gasteiger partial charge in [0.15, 0.2) is 0 Å². The lowest BCUT2D eigenvalue weighted by molar-refractivity contribution is 0.658. The number of aromatic amines is 1. The third-order valence-corrected chi connectivity index (χ3v) is 2.65. The Bertz CT molecular complexity index is 565. The highest BCUT2D eigenvalue weighted by Gasteiger charge is 2.03. The van der Waals surface area contributed by atoms with Crippen molar-refractivity contribution in [2.24, 2.45) is 0 Å². The van der Waals surface area contributed by atoms with E-state index in [1.165, 1.54) is 6.07 Å². The van der Waals surface area contributed by atoms with Crippen LogP contribution in [0.15, 0.2) is 35.3 Å². The molecular formula is C14H18N4O. The Hall–Kier alpha value is -2.01. The first kappa shape index (κ1) is 13.4. The normalized spacial score (nSPS) is 10.6. The summed E-state index contributed by atoms with van der Waals surface area (Å²) in [4.78, 5) is 23.0. The molecule has 0 radical (unpaired) electrons. The highest BCUT2D eigenvalue weighted by atomic mass is 16.1. The summed E-state index contributed by atoms with van der Waals surface area (Å²) >= 11 is 0. The van der Waals surface area contributed by atoms with Crippen molar-refractivity contribution in [3.05, 3.63) is 58.0 Å². The summed E-state index contributed by atoms with van der Waals surface area (Å²) in [6.07, 6.45) is 3.34. The minimum atomic E-state index is -0.116. The molecule has 0 bridgehead atoms. The predicted molar refractivity (Wildman–Crippen MR) is 73.9 cm³/mol. The highest BCUT2D eigenvalue weighted by molar-refractivity contribution is 5.11. The molecule has 2 heterocycles. The van der Waals surface area contributed by atoms with Gasteiger partial charge in [-0.15, -0.1) is 0 Å². The Morgan fingerprint density at radius 2 is 2.21 bits per heavy atom. The fourth-order valence-electron chi connectivity index (χ4n) is 1.80. The van der Waals surface area contributed by atoms with E-state index in [0.29, 0.717) is 18.8 Å². The van der Waals surface area contributed by atoms with Crippen molar-refractivity contribution in [1.82, 2.24) is 20.3 Å². The monoisotopic (exact) mass is 258 g/mol. The Morgan fingerprint density at radius 1 is 1.32 bits per heavy atom. The summed E-state index contributed by atoms with van der Waals surface area (Å²) in [6.45, 7) is 3.64. The lowest BCUT2D eigenvalue weighted by atomic mass is 10.2. The zero-order valence-electron chi connectivity index (χ0n) is 11.0. The molecule has 0 aromatic carbocycles. The minimum Gasteiger partial charge on any atom is -0.311 e. The zero-order valence-corrected chi connectivity index (χ0v) is 11.0. The van der Waals surface area contributed by atoms with Gasteiger partial charge in [-0.1, -0.05) is 13.0 Å². The Kier molecular flexibility index (Phi) is 4.80. The average molecular weight is 258 g/mol. The van der Waals surface area contributed by atoms with E-state index in [-0.39, 0.29) is 5.56 Å². The molecule has 0 fully saturated rings. The lowest BCUT2D eigenvalue weighted by Gasteiger charge is -2.05. The molecule has 19 heavy (non-hydrogen) atoms. The molecule has 5 heteroatoms. The molecule has 5 nitrogen and oxygen atoms in total. The van der Waals surface area contributed by atoms with Gasteiger partial charge in [0, 0.05) is 30.9 Å². The van der Waals surface area contributed by atoms with Gasteiger partial charge in [-0.25, -0.2) is 4.98 Å². The molecule has 0 aliphatic rings. The molecule has 0 unspecified atom stereocenters. The summed E-state index contributed by atoms with van der Waals surface area (Å²) in [5, 5.41) is 3.24. The molecule has 0 aliphatic heterocycles. The molecule has 2 aromatic rings. The van der Waals surface area contributed by atoms with E-state index in [2.05, 4.69) is 27.2 Å². The highest BCUT2D eigenvalue weighted by Crippen LogP contribution is 2.01. The maximum atomic E-state index is 11.6. The molecule has 0 atom stereocenters. The van der Waals surface area contributed by atoms with Crippen molar-refractivity contribution < 1.29 is 0 Å². The number of hydrogen-bond acceptors (Lipinski definition) is 4. The van der Waals surface area contributed by atoms with Gasteiger partial charge < -0.3 is 10.3 Å². The van der Waals surface area contributed by atoms with Crippen LogP contribution in [0.3, 0.4) is 0 Å². The van der Waals surface area contributed by atoms with Crippen LogP contribution in [-0.4, -0.2) is 21.5 Å². The Balaban J connectivity index is 2.10. The predicted octanol–water partition coefficient (Wildman–Crippen LogP) is 1.26. The summed E-state index contributed by atoms with van der Waals surface area (Å²) in [7, 11) is 0. The maximum Gasteiger partial charge on any atom is 0.251 e. The smallest absolute Gasteiger partial charge is 0.251 e. The quantitative estimate of drug-likeness (QED) is 0.765. The van der Waals surface area contributed by atoms with Crippen molar-refractivity contribution in [3.63, 3.8) is 0 Å². The fourth-order valence-corrected chi connectivity index (χ4v) is 1.80. The number of hydrogen-bond donors (Lipinski definition) is 2. The number of pyridine rings is 1. The van der Waals surface area contributed by atoms with Gasteiger partial charge in [-0.3, -0.25) is 9.78 Å². The van der Waals surface area contributed by atoms with Crippen LogP contribution in [0, 0.1) is 0 Å². The van der Waals surface area contributed by atoms with E-state index >= 15 is 0 Å². The first-order valence-corrected chi connectivity index (χ1v) is 6.47. The second kappa shape index (κ2) is 6.80. The topological polar surface area (TPSA) is 70.7 Å². The maximum absolute atomic E-state index is 11.6. The van der Waals surface area contributed by atoms with Crippen LogP contribution in [0.2, 0.25) is 0 Å². The molecule has 2 rings (SSSR count). The van der Waals surface area contributed by atoms with E-state index < -0.39 is 0 Å². The van der Waals surface area contributed by atoms with Crippen molar-refractivity contribution in [2.75, 3.05) is 6.54 Å². The molecule has 2 N–H and O–H groups in total. The first-order chi connectivity index (χ1) is 9.28. The third kappa shape index (κ3) is 4.30. The Labute approximate surface area is 112 Å². The van der Waals surface area contributed by atoms with Crippen LogP contribution in [-0.2, 0) is 13.0 Å². The Morgan fingerprint density at radius 3 is 2.95 bits per heavy atom. The van der Waals surface area contributed by atoms with Crippen molar-refractivity contribution in [1.29, 1.82) is 0 Å². The number of aromatic nitrogens is 3. The number of nitrogens with one attached hydrogen (secondary N) is 2. The molecule has 0 amide bonds. The lowest BCUT2D eigenvalue weighted by Crippen LogP contribution is -2.19. The standard InChI is InChI=1S/C14H18N4O/c1-2-6-15-10-12-9-14(19)18-13(17-12)8-11-5-3-4-7-16-11/h3-5,7,9,15H,2,6,8,10H2,1H3,(H,17,18,19). The fraction of sp³-hybridized carbons (Fsp3) is 0.357. The molecule has 0 spiro atoms. The van der Waals surface area contributed by atoms with Gasteiger partial charge in [0.1, 0.15) is 5.82 Å². The first-order valence-electron chi connectivity index (χ1n) is 6.47. The summed E-state index contributed by atoms with van der Waals surface area (Å²) in [5.41, 5.74) is 1.54. The average Bonchev–Trinajstić information content (AvgIpc) is 2.39. The molecule has 0 saturated heterocycles. The van der Waals surface area contributed by atoms with E-state index in [4.69, 9.17) is 0 Å². The zero-order chi connectivity index (χ0) is 13.5. The van der Waals surface area contributed by atoms with Crippen LogP contribution in [0.5, 0.6) is 0 Å². The van der Waals surface area contributed by atoms with Gasteiger partial charge in [-0.2, -0.15) is 0 Å². The molecule has 100 valence electrons. The largest absolute Gasteiger partial charge is 0.311 e. The van der Waals surface area contributed by atoms with Crippen molar-refractivity contribution in [2.45, 2.75) is 26.3 Å². The van der Waals surface area contributed by atoms with E-state index in [0.717, 1.165) is 24.4 Å². The molecule has 2 aromatic heterocycles. The van der Waals surface area contributed by atoms with Crippen molar-refractivity contribution >= 4 is 0 Å². The summed E-state index contributed by atoms with van der Waals surface area (Å²) in [5.74, 6) is 0.652. The van der Waals surface area contributed by atoms with Gasteiger partial charge in [0.25, 0.3) is 5.56 Å². The van der Waals surface area contributed by atoms with Crippen LogP contribution in [0.4, 0.5) is 0 Å². The molecular weight excluding hydrogens is 240 g/mol. The second-order valence-electron chi connectivity index (χ2n) is 4.36. The number of nitrogens with zero attached hydrogens (tertiary/aromatic N) is 2. The molecule has 0 saturated carbocycles. The van der Waals surface area contributed by atoms with Gasteiger partial charge in [-0.05, 0) is 25.1 Å². The van der Waals surface area contributed by atoms with Crippen LogP contribution in [0.1, 0.15) is 30.6 Å². The third-order valence-electron chi connectivity index (χ3n) is 2.65. The minimum absolute atomic E-state index is 0.116. The van der Waals surface area contributed by atoms with Crippen LogP contribution in [0.25, 0.3) is 0 Å². The van der Waals surface area contributed by atoms with Crippen LogP contribution < -0.4 is 10.9 Å². The summed E-state index contributed by atoms with van der Waals surface area (Å²) in [6, 6.07) is 7.24.